The summed E-state index contributed by atoms with van der Waals surface area (Å²) in [5.41, 5.74) is 4.25. The molecule has 6 rings (SSSR count). The molecule has 154 valence electrons. The molecule has 1 fully saturated rings. The minimum absolute atomic E-state index is 0.198. The molecule has 3 aliphatic heterocycles. The molecular weight excluding hydrogens is 386 g/mol. The van der Waals surface area contributed by atoms with Crippen molar-refractivity contribution in [1.82, 2.24) is 9.88 Å². The highest BCUT2D eigenvalue weighted by Gasteiger charge is 2.51. The van der Waals surface area contributed by atoms with Crippen LogP contribution < -0.4 is 23.8 Å². The topological polar surface area (TPSA) is 76.5 Å². The van der Waals surface area contributed by atoms with Gasteiger partial charge in [-0.3, -0.25) is 9.88 Å². The van der Waals surface area contributed by atoms with Crippen LogP contribution in [0, 0.1) is 0 Å². The van der Waals surface area contributed by atoms with Gasteiger partial charge in [0.1, 0.15) is 0 Å². The third-order valence-corrected chi connectivity index (χ3v) is 6.35. The van der Waals surface area contributed by atoms with Crippen molar-refractivity contribution in [2.75, 3.05) is 46.0 Å². The number of ether oxygens (including phenoxy) is 4. The number of fused-ring (bicyclic) bond motifs is 9. The van der Waals surface area contributed by atoms with Crippen molar-refractivity contribution >= 4 is 16.6 Å². The smallest absolute Gasteiger partial charge is 0.231 e. The Morgan fingerprint density at radius 3 is 2.50 bits per heavy atom. The fourth-order valence-electron chi connectivity index (χ4n) is 4.82. The van der Waals surface area contributed by atoms with Gasteiger partial charge in [-0.1, -0.05) is 0 Å². The number of methoxy groups -OCH3 is 2. The van der Waals surface area contributed by atoms with Gasteiger partial charge in [-0.15, -0.1) is 0 Å². The first kappa shape index (κ1) is 17.6. The summed E-state index contributed by atoms with van der Waals surface area (Å²) in [6, 6.07) is 7.61. The quantitative estimate of drug-likeness (QED) is 0.695. The fourth-order valence-corrected chi connectivity index (χ4v) is 4.82. The van der Waals surface area contributed by atoms with E-state index >= 15 is 0 Å². The van der Waals surface area contributed by atoms with Crippen LogP contribution in [0.25, 0.3) is 22.0 Å². The number of nitrogens with zero attached hydrogens (tertiary/aromatic N) is 3. The standard InChI is InChI=1S/C22H21N3O5/c1-24-4-5-25-21-13-7-19-20(30-11-29-19)9-16(13)23-10-14(21)12-6-17(27-2)18(28-3)8-15(12)22(24,25)26/h6-10,26H,4-5,11H2,1-3H3. The minimum atomic E-state index is -1.31. The molecule has 1 saturated heterocycles. The zero-order valence-electron chi connectivity index (χ0n) is 16.9. The van der Waals surface area contributed by atoms with Crippen molar-refractivity contribution in [2.24, 2.45) is 0 Å². The third kappa shape index (κ3) is 2.04. The lowest BCUT2D eigenvalue weighted by molar-refractivity contribution is -0.0715. The van der Waals surface area contributed by atoms with E-state index in [9.17, 15) is 5.11 Å². The van der Waals surface area contributed by atoms with Crippen LogP contribution in [-0.4, -0.2) is 56.1 Å². The Bertz CT molecular complexity index is 1210. The van der Waals surface area contributed by atoms with Crippen molar-refractivity contribution in [3.8, 4) is 34.1 Å². The second-order valence-corrected chi connectivity index (χ2v) is 7.70. The summed E-state index contributed by atoms with van der Waals surface area (Å²) in [5, 5.41) is 12.9. The van der Waals surface area contributed by atoms with Crippen molar-refractivity contribution in [3.63, 3.8) is 0 Å². The molecule has 8 heteroatoms. The molecule has 3 aromatic rings. The zero-order chi connectivity index (χ0) is 20.6. The SMILES string of the molecule is COc1cc2c(cc1OC)C1(O)N(C)CCN1c1c-2cnc2cc3c(cc12)OCO3. The summed E-state index contributed by atoms with van der Waals surface area (Å²) >= 11 is 0. The van der Waals surface area contributed by atoms with Crippen molar-refractivity contribution in [3.05, 3.63) is 36.0 Å². The van der Waals surface area contributed by atoms with Crippen LogP contribution in [0.15, 0.2) is 30.5 Å². The van der Waals surface area contributed by atoms with Crippen LogP contribution in [0.2, 0.25) is 0 Å². The van der Waals surface area contributed by atoms with Gasteiger partial charge in [-0.05, 0) is 30.8 Å². The highest BCUT2D eigenvalue weighted by molar-refractivity contribution is 6.04. The fraction of sp³-hybridized carbons (Fsp3) is 0.318. The van der Waals surface area contributed by atoms with E-state index in [2.05, 4.69) is 0 Å². The Labute approximate surface area is 173 Å². The Hall–Kier alpha value is -3.23. The van der Waals surface area contributed by atoms with Gasteiger partial charge < -0.3 is 29.0 Å². The van der Waals surface area contributed by atoms with Gasteiger partial charge >= 0.3 is 0 Å². The summed E-state index contributed by atoms with van der Waals surface area (Å²) in [7, 11) is 5.12. The Kier molecular flexibility index (Phi) is 3.46. The molecule has 4 heterocycles. The molecule has 0 amide bonds. The maximum Gasteiger partial charge on any atom is 0.231 e. The Morgan fingerprint density at radius 1 is 1.00 bits per heavy atom. The van der Waals surface area contributed by atoms with Gasteiger partial charge in [0.2, 0.25) is 12.6 Å². The van der Waals surface area contributed by atoms with Crippen molar-refractivity contribution < 1.29 is 24.1 Å². The van der Waals surface area contributed by atoms with Crippen LogP contribution in [-0.2, 0) is 5.85 Å². The predicted molar refractivity (Wildman–Crippen MR) is 110 cm³/mol. The monoisotopic (exact) mass is 407 g/mol. The van der Waals surface area contributed by atoms with E-state index in [-0.39, 0.29) is 6.79 Å². The molecule has 0 bridgehead atoms. The van der Waals surface area contributed by atoms with E-state index < -0.39 is 5.85 Å². The molecule has 1 N–H and O–H groups in total. The van der Waals surface area contributed by atoms with E-state index in [0.29, 0.717) is 36.1 Å². The summed E-state index contributed by atoms with van der Waals surface area (Å²) in [5.74, 6) is 1.24. The van der Waals surface area contributed by atoms with Crippen LogP contribution in [0.3, 0.4) is 0 Å². The van der Waals surface area contributed by atoms with Crippen molar-refractivity contribution in [2.45, 2.75) is 5.85 Å². The molecule has 3 aliphatic rings. The number of aliphatic hydroxyl groups is 1. The van der Waals surface area contributed by atoms with Gasteiger partial charge in [0.15, 0.2) is 23.0 Å². The van der Waals surface area contributed by atoms with E-state index in [1.807, 2.05) is 47.3 Å². The van der Waals surface area contributed by atoms with E-state index in [4.69, 9.17) is 23.9 Å². The molecule has 1 aromatic heterocycles. The number of hydrogen-bond donors (Lipinski definition) is 1. The number of likely N-dealkylation sites (N-methyl/N-ethyl adjacent to an activating group) is 1. The van der Waals surface area contributed by atoms with Crippen LogP contribution in [0.4, 0.5) is 5.69 Å². The highest BCUT2D eigenvalue weighted by Crippen LogP contribution is 2.54. The molecule has 2 aromatic carbocycles. The number of benzene rings is 2. The lowest BCUT2D eigenvalue weighted by Crippen LogP contribution is -2.51. The first-order valence-corrected chi connectivity index (χ1v) is 9.76. The Balaban J connectivity index is 1.72. The summed E-state index contributed by atoms with van der Waals surface area (Å²) in [6.07, 6.45) is 1.85. The maximum atomic E-state index is 12.0. The number of pyridine rings is 1. The third-order valence-electron chi connectivity index (χ3n) is 6.35. The average Bonchev–Trinajstić information content (AvgIpc) is 3.35. The number of anilines is 1. The molecule has 0 aliphatic carbocycles. The van der Waals surface area contributed by atoms with Crippen molar-refractivity contribution in [1.29, 1.82) is 0 Å². The van der Waals surface area contributed by atoms with Gasteiger partial charge in [-0.2, -0.15) is 0 Å². The molecular formula is C22H21N3O5. The summed E-state index contributed by atoms with van der Waals surface area (Å²) in [4.78, 5) is 8.67. The van der Waals surface area contributed by atoms with Gasteiger partial charge in [0.25, 0.3) is 0 Å². The van der Waals surface area contributed by atoms with Crippen LogP contribution in [0.5, 0.6) is 23.0 Å². The molecule has 0 spiro atoms. The molecule has 1 unspecified atom stereocenters. The first-order chi connectivity index (χ1) is 14.6. The van der Waals surface area contributed by atoms with Gasteiger partial charge in [0, 0.05) is 41.9 Å². The largest absolute Gasteiger partial charge is 0.493 e. The zero-order valence-corrected chi connectivity index (χ0v) is 16.9. The predicted octanol–water partition coefficient (Wildman–Crippen LogP) is 2.52. The molecule has 8 nitrogen and oxygen atoms in total. The summed E-state index contributed by atoms with van der Waals surface area (Å²) in [6.45, 7) is 1.57. The molecule has 0 radical (unpaired) electrons. The van der Waals surface area contributed by atoms with Gasteiger partial charge in [-0.25, -0.2) is 0 Å². The number of hydrogen-bond acceptors (Lipinski definition) is 8. The maximum absolute atomic E-state index is 12.0. The lowest BCUT2D eigenvalue weighted by atomic mass is 9.88. The molecule has 1 atom stereocenters. The molecule has 0 saturated carbocycles. The minimum Gasteiger partial charge on any atom is -0.493 e. The highest BCUT2D eigenvalue weighted by atomic mass is 16.7. The first-order valence-electron chi connectivity index (χ1n) is 9.76. The second kappa shape index (κ2) is 5.90. The number of rotatable bonds is 2. The Morgan fingerprint density at radius 2 is 1.73 bits per heavy atom. The number of aromatic nitrogens is 1. The van der Waals surface area contributed by atoms with Crippen LogP contribution >= 0.6 is 0 Å². The second-order valence-electron chi connectivity index (χ2n) is 7.70. The summed E-state index contributed by atoms with van der Waals surface area (Å²) < 4.78 is 22.2. The van der Waals surface area contributed by atoms with E-state index in [0.717, 1.165) is 33.3 Å². The molecule has 30 heavy (non-hydrogen) atoms. The lowest BCUT2D eigenvalue weighted by Gasteiger charge is -2.44. The van der Waals surface area contributed by atoms with E-state index in [1.165, 1.54) is 0 Å². The normalized spacial score (nSPS) is 21.4. The average molecular weight is 407 g/mol. The van der Waals surface area contributed by atoms with Crippen LogP contribution in [0.1, 0.15) is 5.56 Å². The van der Waals surface area contributed by atoms with Gasteiger partial charge in [0.05, 0.1) is 25.4 Å². The van der Waals surface area contributed by atoms with E-state index in [1.54, 1.807) is 14.2 Å².